The summed E-state index contributed by atoms with van der Waals surface area (Å²) in [5.41, 5.74) is 1.38. The minimum atomic E-state index is -0.480. The molecule has 0 aliphatic heterocycles. The predicted octanol–water partition coefficient (Wildman–Crippen LogP) is 4.07. The lowest BCUT2D eigenvalue weighted by Gasteiger charge is -2.12. The number of benzene rings is 1. The first kappa shape index (κ1) is 24.4. The van der Waals surface area contributed by atoms with Crippen molar-refractivity contribution >= 4 is 22.6 Å². The highest BCUT2D eigenvalue weighted by molar-refractivity contribution is 6.04. The van der Waals surface area contributed by atoms with Crippen molar-refractivity contribution in [3.8, 4) is 34.4 Å². The molecule has 12 nitrogen and oxygen atoms in total. The Kier molecular flexibility index (Phi) is 6.93. The van der Waals surface area contributed by atoms with Gasteiger partial charge in [0.2, 0.25) is 0 Å². The molecule has 0 saturated carbocycles. The van der Waals surface area contributed by atoms with Gasteiger partial charge in [-0.05, 0) is 31.2 Å². The SMILES string of the molecule is CCOc1cn(-c2cncnc2)nc1C(=O)Nc1ccc(Oc2ccnc3cc(OC)c(OC)cc23)cn1. The lowest BCUT2D eigenvalue weighted by molar-refractivity contribution is 0.101. The van der Waals surface area contributed by atoms with E-state index in [4.69, 9.17) is 18.9 Å². The lowest BCUT2D eigenvalue weighted by Crippen LogP contribution is -2.15. The number of hydrogen-bond donors (Lipinski definition) is 1. The van der Waals surface area contributed by atoms with E-state index in [1.165, 1.54) is 17.2 Å². The Labute approximate surface area is 217 Å². The molecule has 1 N–H and O–H groups in total. The van der Waals surface area contributed by atoms with E-state index in [1.54, 1.807) is 69.3 Å². The molecule has 5 aromatic rings. The normalized spacial score (nSPS) is 10.7. The summed E-state index contributed by atoms with van der Waals surface area (Å²) in [6, 6.07) is 8.64. The first-order chi connectivity index (χ1) is 18.6. The zero-order valence-corrected chi connectivity index (χ0v) is 20.8. The number of amides is 1. The molecule has 0 fully saturated rings. The van der Waals surface area contributed by atoms with Crippen molar-refractivity contribution in [2.75, 3.05) is 26.1 Å². The molecule has 12 heteroatoms. The van der Waals surface area contributed by atoms with Gasteiger partial charge >= 0.3 is 0 Å². The van der Waals surface area contributed by atoms with Gasteiger partial charge in [-0.3, -0.25) is 9.78 Å². The number of aromatic nitrogens is 6. The summed E-state index contributed by atoms with van der Waals surface area (Å²) in [5.74, 6) is 2.31. The minimum Gasteiger partial charge on any atom is -0.493 e. The maximum atomic E-state index is 13.0. The maximum Gasteiger partial charge on any atom is 0.281 e. The smallest absolute Gasteiger partial charge is 0.281 e. The van der Waals surface area contributed by atoms with Crippen molar-refractivity contribution in [2.45, 2.75) is 6.92 Å². The molecule has 0 bridgehead atoms. The molecule has 0 unspecified atom stereocenters. The molecule has 4 aromatic heterocycles. The number of nitrogens with zero attached hydrogens (tertiary/aromatic N) is 6. The van der Waals surface area contributed by atoms with Gasteiger partial charge in [-0.1, -0.05) is 0 Å². The quantitative estimate of drug-likeness (QED) is 0.307. The molecule has 0 spiro atoms. The third-order valence-electron chi connectivity index (χ3n) is 5.42. The summed E-state index contributed by atoms with van der Waals surface area (Å²) >= 11 is 0. The third-order valence-corrected chi connectivity index (χ3v) is 5.42. The number of hydrogen-bond acceptors (Lipinski definition) is 10. The number of carbonyl (C=O) groups is 1. The molecule has 0 aliphatic carbocycles. The van der Waals surface area contributed by atoms with Crippen LogP contribution in [0.2, 0.25) is 0 Å². The van der Waals surface area contributed by atoms with Crippen molar-refractivity contribution in [1.29, 1.82) is 0 Å². The van der Waals surface area contributed by atoms with Crippen LogP contribution in [-0.2, 0) is 0 Å². The van der Waals surface area contributed by atoms with Gasteiger partial charge in [0.25, 0.3) is 5.91 Å². The Morgan fingerprint density at radius 2 is 1.74 bits per heavy atom. The lowest BCUT2D eigenvalue weighted by atomic mass is 10.2. The third kappa shape index (κ3) is 5.00. The van der Waals surface area contributed by atoms with Gasteiger partial charge in [-0.25, -0.2) is 19.6 Å². The van der Waals surface area contributed by atoms with Crippen LogP contribution in [0.4, 0.5) is 5.82 Å². The minimum absolute atomic E-state index is 0.102. The molecule has 1 aromatic carbocycles. The average molecular weight is 514 g/mol. The number of rotatable bonds is 9. The first-order valence-corrected chi connectivity index (χ1v) is 11.5. The second-order valence-electron chi connectivity index (χ2n) is 7.78. The fourth-order valence-corrected chi connectivity index (χ4v) is 3.67. The van der Waals surface area contributed by atoms with E-state index in [2.05, 4.69) is 30.4 Å². The number of pyridine rings is 2. The van der Waals surface area contributed by atoms with Gasteiger partial charge < -0.3 is 24.3 Å². The van der Waals surface area contributed by atoms with Crippen LogP contribution in [0.3, 0.4) is 0 Å². The highest BCUT2D eigenvalue weighted by Gasteiger charge is 2.20. The van der Waals surface area contributed by atoms with E-state index in [0.29, 0.717) is 52.4 Å². The van der Waals surface area contributed by atoms with Gasteiger partial charge in [0.05, 0.1) is 51.1 Å². The van der Waals surface area contributed by atoms with Crippen molar-refractivity contribution in [3.63, 3.8) is 0 Å². The Morgan fingerprint density at radius 3 is 2.45 bits per heavy atom. The number of carbonyl (C=O) groups excluding carboxylic acids is 1. The second-order valence-corrected chi connectivity index (χ2v) is 7.78. The van der Waals surface area contributed by atoms with Crippen LogP contribution in [0.1, 0.15) is 17.4 Å². The van der Waals surface area contributed by atoms with Crippen LogP contribution in [0.15, 0.2) is 67.6 Å². The van der Waals surface area contributed by atoms with Crippen molar-refractivity contribution in [1.82, 2.24) is 29.7 Å². The Morgan fingerprint density at radius 1 is 0.947 bits per heavy atom. The highest BCUT2D eigenvalue weighted by atomic mass is 16.5. The van der Waals surface area contributed by atoms with E-state index in [1.807, 2.05) is 6.92 Å². The molecule has 0 saturated heterocycles. The summed E-state index contributed by atoms with van der Waals surface area (Å²) in [6.07, 6.45) is 9.32. The molecule has 38 heavy (non-hydrogen) atoms. The van der Waals surface area contributed by atoms with Crippen LogP contribution in [0.25, 0.3) is 16.6 Å². The standard InChI is InChI=1S/C26H23N7O5/c1-4-37-23-14-33(16-11-27-15-28-12-16)32-25(23)26(34)31-24-6-5-17(13-30-24)38-20-7-8-29-19-10-22(36-3)21(35-2)9-18(19)20/h5-15H,4H2,1-3H3,(H,30,31,34). The Bertz CT molecular complexity index is 1570. The van der Waals surface area contributed by atoms with Gasteiger partial charge in [-0.2, -0.15) is 5.10 Å². The predicted molar refractivity (Wildman–Crippen MR) is 137 cm³/mol. The number of nitrogens with one attached hydrogen (secondary N) is 1. The second kappa shape index (κ2) is 10.8. The Balaban J connectivity index is 1.34. The van der Waals surface area contributed by atoms with Crippen molar-refractivity contribution in [2.24, 2.45) is 0 Å². The summed E-state index contributed by atoms with van der Waals surface area (Å²) in [6.45, 7) is 2.19. The van der Waals surface area contributed by atoms with E-state index >= 15 is 0 Å². The monoisotopic (exact) mass is 513 g/mol. The molecular formula is C26H23N7O5. The zero-order chi connectivity index (χ0) is 26.5. The molecule has 0 radical (unpaired) electrons. The van der Waals surface area contributed by atoms with E-state index < -0.39 is 5.91 Å². The molecule has 4 heterocycles. The van der Waals surface area contributed by atoms with E-state index in [0.717, 1.165) is 5.39 Å². The summed E-state index contributed by atoms with van der Waals surface area (Å²) in [7, 11) is 3.13. The van der Waals surface area contributed by atoms with Gasteiger partial charge in [0, 0.05) is 17.6 Å². The van der Waals surface area contributed by atoms with Crippen LogP contribution in [-0.4, -0.2) is 56.5 Å². The van der Waals surface area contributed by atoms with Crippen molar-refractivity contribution < 1.29 is 23.7 Å². The highest BCUT2D eigenvalue weighted by Crippen LogP contribution is 2.36. The van der Waals surface area contributed by atoms with Crippen molar-refractivity contribution in [3.05, 3.63) is 73.3 Å². The average Bonchev–Trinajstić information content (AvgIpc) is 3.38. The summed E-state index contributed by atoms with van der Waals surface area (Å²) in [5, 5.41) is 7.82. The van der Waals surface area contributed by atoms with E-state index in [9.17, 15) is 4.79 Å². The van der Waals surface area contributed by atoms with Gasteiger partial charge in [-0.15, -0.1) is 0 Å². The fraction of sp³-hybridized carbons (Fsp3) is 0.154. The first-order valence-electron chi connectivity index (χ1n) is 11.5. The topological polar surface area (TPSA) is 135 Å². The van der Waals surface area contributed by atoms with E-state index in [-0.39, 0.29) is 5.69 Å². The molecule has 1 amide bonds. The molecule has 192 valence electrons. The molecular weight excluding hydrogens is 490 g/mol. The number of methoxy groups -OCH3 is 2. The van der Waals surface area contributed by atoms with Crippen LogP contribution in [0, 0.1) is 0 Å². The molecule has 5 rings (SSSR count). The van der Waals surface area contributed by atoms with Crippen LogP contribution >= 0.6 is 0 Å². The maximum absolute atomic E-state index is 13.0. The van der Waals surface area contributed by atoms with Gasteiger partial charge in [0.15, 0.2) is 22.9 Å². The number of anilines is 1. The molecule has 0 aliphatic rings. The summed E-state index contributed by atoms with van der Waals surface area (Å²) < 4.78 is 23.9. The Hall–Kier alpha value is -5.26. The fourth-order valence-electron chi connectivity index (χ4n) is 3.67. The van der Waals surface area contributed by atoms with Crippen LogP contribution < -0.4 is 24.3 Å². The summed E-state index contributed by atoms with van der Waals surface area (Å²) in [4.78, 5) is 29.6. The molecule has 0 atom stereocenters. The number of ether oxygens (including phenoxy) is 4. The van der Waals surface area contributed by atoms with Gasteiger partial charge in [0.1, 0.15) is 29.3 Å². The zero-order valence-electron chi connectivity index (χ0n) is 20.8. The largest absolute Gasteiger partial charge is 0.493 e. The van der Waals surface area contributed by atoms with Crippen LogP contribution in [0.5, 0.6) is 28.7 Å². The number of fused-ring (bicyclic) bond motifs is 1.